The highest BCUT2D eigenvalue weighted by Crippen LogP contribution is 2.36. The molecule has 0 radical (unpaired) electrons. The number of aromatic amines is 1. The Balaban J connectivity index is 0.00000150. The van der Waals surface area contributed by atoms with Gasteiger partial charge in [0.2, 0.25) is 0 Å². The topological polar surface area (TPSA) is 67.0 Å². The van der Waals surface area contributed by atoms with Crippen LogP contribution in [-0.4, -0.2) is 36.1 Å². The molecule has 0 spiro atoms. The Morgan fingerprint density at radius 3 is 2.24 bits per heavy atom. The van der Waals surface area contributed by atoms with Crippen molar-refractivity contribution in [2.75, 3.05) is 20.2 Å². The molecule has 1 aromatic heterocycles. The molecular formula is C22H31Cl2N3O2. The molecule has 2 heterocycles. The standard InChI is InChI=1S/C22H29N3O2.2ClH/c1-27-22(26)19-8-6-18(7-9-19)21-24-14-20(25-21)17-4-2-15(3-5-17)16-10-12-23-13-11-16;;/h2-5,14,16,18-19,23H,6-13H2,1H3,(H,24,25);2*1H/t18-,19-;;. The number of H-pyrrole nitrogens is 1. The average Bonchev–Trinajstić information content (AvgIpc) is 3.24. The zero-order valence-corrected chi connectivity index (χ0v) is 18.5. The van der Waals surface area contributed by atoms with E-state index in [2.05, 4.69) is 34.6 Å². The fourth-order valence-corrected chi connectivity index (χ4v) is 4.54. The summed E-state index contributed by atoms with van der Waals surface area (Å²) in [5, 5.41) is 3.43. The van der Waals surface area contributed by atoms with Gasteiger partial charge in [-0.1, -0.05) is 24.3 Å². The van der Waals surface area contributed by atoms with Crippen molar-refractivity contribution in [1.29, 1.82) is 0 Å². The van der Waals surface area contributed by atoms with Crippen molar-refractivity contribution in [3.05, 3.63) is 41.9 Å². The van der Waals surface area contributed by atoms with Crippen molar-refractivity contribution in [1.82, 2.24) is 15.3 Å². The molecule has 29 heavy (non-hydrogen) atoms. The number of halogens is 2. The Morgan fingerprint density at radius 1 is 0.966 bits per heavy atom. The molecule has 1 aliphatic heterocycles. The minimum atomic E-state index is -0.0672. The molecule has 1 saturated heterocycles. The first kappa shape index (κ1) is 23.7. The van der Waals surface area contributed by atoms with E-state index >= 15 is 0 Å². The lowest BCUT2D eigenvalue weighted by Crippen LogP contribution is -2.26. The van der Waals surface area contributed by atoms with E-state index in [0.29, 0.717) is 11.8 Å². The van der Waals surface area contributed by atoms with E-state index in [9.17, 15) is 4.79 Å². The molecule has 0 atom stereocenters. The van der Waals surface area contributed by atoms with E-state index in [1.807, 2.05) is 6.20 Å². The van der Waals surface area contributed by atoms with Gasteiger partial charge < -0.3 is 15.0 Å². The molecule has 2 fully saturated rings. The molecule has 2 aromatic rings. The number of esters is 1. The molecule has 2 N–H and O–H groups in total. The summed E-state index contributed by atoms with van der Waals surface area (Å²) in [6.45, 7) is 2.24. The van der Waals surface area contributed by atoms with Crippen LogP contribution in [0.2, 0.25) is 0 Å². The highest BCUT2D eigenvalue weighted by Gasteiger charge is 2.29. The zero-order chi connectivity index (χ0) is 18.6. The summed E-state index contributed by atoms with van der Waals surface area (Å²) >= 11 is 0. The number of piperidine rings is 1. The van der Waals surface area contributed by atoms with Gasteiger partial charge in [-0.25, -0.2) is 4.98 Å². The van der Waals surface area contributed by atoms with Gasteiger partial charge >= 0.3 is 5.97 Å². The predicted molar refractivity (Wildman–Crippen MR) is 120 cm³/mol. The number of ether oxygens (including phenoxy) is 1. The first-order chi connectivity index (χ1) is 13.2. The average molecular weight is 440 g/mol. The van der Waals surface area contributed by atoms with Gasteiger partial charge in [0, 0.05) is 17.7 Å². The van der Waals surface area contributed by atoms with Crippen molar-refractivity contribution in [3.8, 4) is 11.3 Å². The molecule has 160 valence electrons. The normalized spacial score (nSPS) is 22.2. The van der Waals surface area contributed by atoms with Gasteiger partial charge in [0.1, 0.15) is 5.82 Å². The first-order valence-corrected chi connectivity index (χ1v) is 10.2. The molecule has 1 saturated carbocycles. The number of hydrogen-bond donors (Lipinski definition) is 2. The number of nitrogens with zero attached hydrogens (tertiary/aromatic N) is 1. The maximum atomic E-state index is 11.7. The van der Waals surface area contributed by atoms with Crippen molar-refractivity contribution >= 4 is 30.8 Å². The Kier molecular flexibility index (Phi) is 9.00. The summed E-state index contributed by atoms with van der Waals surface area (Å²) in [4.78, 5) is 19.9. The highest BCUT2D eigenvalue weighted by molar-refractivity contribution is 5.85. The number of aromatic nitrogens is 2. The molecule has 7 heteroatoms. The van der Waals surface area contributed by atoms with E-state index in [0.717, 1.165) is 50.3 Å². The fourth-order valence-electron chi connectivity index (χ4n) is 4.54. The highest BCUT2D eigenvalue weighted by atomic mass is 35.5. The van der Waals surface area contributed by atoms with Gasteiger partial charge in [-0.05, 0) is 63.1 Å². The maximum absolute atomic E-state index is 11.7. The largest absolute Gasteiger partial charge is 0.469 e. The van der Waals surface area contributed by atoms with Gasteiger partial charge in [0.25, 0.3) is 0 Å². The van der Waals surface area contributed by atoms with E-state index < -0.39 is 0 Å². The predicted octanol–water partition coefficient (Wildman–Crippen LogP) is 4.83. The number of nitrogens with one attached hydrogen (secondary N) is 2. The number of imidazole rings is 1. The van der Waals surface area contributed by atoms with E-state index in [-0.39, 0.29) is 36.7 Å². The van der Waals surface area contributed by atoms with Gasteiger partial charge in [0.15, 0.2) is 0 Å². The number of hydrogen-bond acceptors (Lipinski definition) is 4. The Morgan fingerprint density at radius 2 is 1.62 bits per heavy atom. The smallest absolute Gasteiger partial charge is 0.308 e. The zero-order valence-electron chi connectivity index (χ0n) is 16.9. The lowest BCUT2D eigenvalue weighted by atomic mass is 9.81. The quantitative estimate of drug-likeness (QED) is 0.668. The van der Waals surface area contributed by atoms with Crippen molar-refractivity contribution in [2.45, 2.75) is 50.4 Å². The van der Waals surface area contributed by atoms with Crippen LogP contribution in [0.1, 0.15) is 61.7 Å². The van der Waals surface area contributed by atoms with E-state index in [4.69, 9.17) is 9.72 Å². The van der Waals surface area contributed by atoms with Gasteiger partial charge in [-0.2, -0.15) is 0 Å². The van der Waals surface area contributed by atoms with Gasteiger partial charge in [-0.15, -0.1) is 24.8 Å². The summed E-state index contributed by atoms with van der Waals surface area (Å²) < 4.78 is 4.88. The fraction of sp³-hybridized carbons (Fsp3) is 0.545. The number of carbonyl (C=O) groups is 1. The van der Waals surface area contributed by atoms with Crippen molar-refractivity contribution in [3.63, 3.8) is 0 Å². The minimum Gasteiger partial charge on any atom is -0.469 e. The van der Waals surface area contributed by atoms with Crippen LogP contribution >= 0.6 is 24.8 Å². The Bertz CT molecular complexity index is 765. The third-order valence-corrected chi connectivity index (χ3v) is 6.26. The molecule has 1 aliphatic carbocycles. The second kappa shape index (κ2) is 11.0. The number of methoxy groups -OCH3 is 1. The third-order valence-electron chi connectivity index (χ3n) is 6.26. The van der Waals surface area contributed by atoms with Crippen LogP contribution in [0.5, 0.6) is 0 Å². The van der Waals surface area contributed by atoms with Crippen LogP contribution in [0.4, 0.5) is 0 Å². The lowest BCUT2D eigenvalue weighted by molar-refractivity contribution is -0.146. The van der Waals surface area contributed by atoms with Crippen molar-refractivity contribution < 1.29 is 9.53 Å². The summed E-state index contributed by atoms with van der Waals surface area (Å²) in [6.07, 6.45) is 8.21. The SMILES string of the molecule is COC(=O)[C@H]1CC[C@H](c2nc(-c3ccc(C4CCNCC4)cc3)c[nH]2)CC1.Cl.Cl. The van der Waals surface area contributed by atoms with Crippen LogP contribution in [0.15, 0.2) is 30.5 Å². The number of benzene rings is 1. The molecule has 0 unspecified atom stereocenters. The number of carbonyl (C=O) groups excluding carboxylic acids is 1. The second-order valence-electron chi connectivity index (χ2n) is 7.89. The monoisotopic (exact) mass is 439 g/mol. The summed E-state index contributed by atoms with van der Waals surface area (Å²) in [5.74, 6) is 2.13. The third kappa shape index (κ3) is 5.53. The Hall–Kier alpha value is -1.56. The first-order valence-electron chi connectivity index (χ1n) is 10.2. The van der Waals surface area contributed by atoms with Crippen LogP contribution in [0.25, 0.3) is 11.3 Å². The van der Waals surface area contributed by atoms with Gasteiger partial charge in [-0.3, -0.25) is 4.79 Å². The van der Waals surface area contributed by atoms with Crippen molar-refractivity contribution in [2.24, 2.45) is 5.92 Å². The summed E-state index contributed by atoms with van der Waals surface area (Å²) in [6, 6.07) is 8.93. The molecule has 2 aliphatic rings. The van der Waals surface area contributed by atoms with Gasteiger partial charge in [0.05, 0.1) is 18.7 Å². The lowest BCUT2D eigenvalue weighted by Gasteiger charge is -2.25. The van der Waals surface area contributed by atoms with Crippen LogP contribution in [-0.2, 0) is 9.53 Å². The summed E-state index contributed by atoms with van der Waals surface area (Å²) in [7, 11) is 1.48. The Labute approximate surface area is 185 Å². The van der Waals surface area contributed by atoms with Crippen LogP contribution in [0.3, 0.4) is 0 Å². The summed E-state index contributed by atoms with van der Waals surface area (Å²) in [5.41, 5.74) is 3.62. The van der Waals surface area contributed by atoms with Crippen LogP contribution in [0, 0.1) is 5.92 Å². The molecule has 0 bridgehead atoms. The molecule has 0 amide bonds. The maximum Gasteiger partial charge on any atom is 0.308 e. The number of rotatable bonds is 4. The molecule has 1 aromatic carbocycles. The molecule has 4 rings (SSSR count). The van der Waals surface area contributed by atoms with E-state index in [1.165, 1.54) is 31.1 Å². The minimum absolute atomic E-state index is 0. The second-order valence-corrected chi connectivity index (χ2v) is 7.89. The van der Waals surface area contributed by atoms with E-state index in [1.54, 1.807) is 0 Å². The molecular weight excluding hydrogens is 409 g/mol. The molecule has 5 nitrogen and oxygen atoms in total. The van der Waals surface area contributed by atoms with Crippen LogP contribution < -0.4 is 5.32 Å².